The van der Waals surface area contributed by atoms with Gasteiger partial charge in [-0.05, 0) is 122 Å². The van der Waals surface area contributed by atoms with Crippen molar-refractivity contribution in [1.29, 1.82) is 0 Å². The third kappa shape index (κ3) is 12.1. The monoisotopic (exact) mass is 823 g/mol. The Hall–Kier alpha value is -3.76. The molecule has 0 amide bonds. The van der Waals surface area contributed by atoms with Crippen LogP contribution in [0.5, 0.6) is 11.5 Å². The summed E-state index contributed by atoms with van der Waals surface area (Å²) in [6, 6.07) is 30.9. The summed E-state index contributed by atoms with van der Waals surface area (Å²) in [6.45, 7) is 5.65. The third-order valence-corrected chi connectivity index (χ3v) is 9.27. The second-order valence-electron chi connectivity index (χ2n) is 11.8. The Labute approximate surface area is 380 Å². The fourth-order valence-corrected chi connectivity index (χ4v) is 6.13. The number of fused-ring (bicyclic) bond motifs is 1. The van der Waals surface area contributed by atoms with E-state index in [4.69, 9.17) is 4.74 Å². The van der Waals surface area contributed by atoms with Crippen molar-refractivity contribution in [1.82, 2.24) is 0 Å². The van der Waals surface area contributed by atoms with E-state index in [9.17, 15) is 15.6 Å². The van der Waals surface area contributed by atoms with Gasteiger partial charge in [0.25, 0.3) is 0 Å². The number of phenols is 1. The Morgan fingerprint density at radius 3 is 1.81 bits per heavy atom. The number of rotatable bonds is 15. The smallest absolute Gasteiger partial charge is 0.691 e. The molecular weight excluding hydrogens is 793 g/mol. The summed E-state index contributed by atoms with van der Waals surface area (Å²) >= 11 is 1.39. The van der Waals surface area contributed by atoms with Gasteiger partial charge in [0.2, 0.25) is 0 Å². The van der Waals surface area contributed by atoms with Gasteiger partial charge in [-0.1, -0.05) is 18.2 Å². The number of methoxy groups -OCH3 is 1. The number of hydrogen-bond donors (Lipinski definition) is 2. The van der Waals surface area contributed by atoms with Crippen LogP contribution in [-0.2, 0) is 18.7 Å². The number of ether oxygens (including phenoxy) is 1. The number of hydrogen-bond acceptors (Lipinski definition) is 17. The topological polar surface area (TPSA) is 199 Å². The summed E-state index contributed by atoms with van der Waals surface area (Å²) in [6.07, 6.45) is 0. The summed E-state index contributed by atoms with van der Waals surface area (Å²) < 4.78 is 14.6. The number of azo groups is 3. The number of anilines is 2. The average Bonchev–Trinajstić information content (AvgIpc) is 3.19. The third-order valence-electron chi connectivity index (χ3n) is 8.07. The zero-order valence-electron chi connectivity index (χ0n) is 31.6. The van der Waals surface area contributed by atoms with Crippen LogP contribution in [-0.4, -0.2) is 12.2 Å². The van der Waals surface area contributed by atoms with Crippen molar-refractivity contribution in [3.05, 3.63) is 120 Å². The second-order valence-corrected chi connectivity index (χ2v) is 13.3. The van der Waals surface area contributed by atoms with Crippen LogP contribution >= 0.6 is 24.1 Å². The molecule has 280 valence electrons. The molecule has 0 saturated carbocycles. The zero-order valence-corrected chi connectivity index (χ0v) is 37.3. The zero-order chi connectivity index (χ0) is 38.7. The quantitative estimate of drug-likeness (QED) is 0.0468. The van der Waals surface area contributed by atoms with Gasteiger partial charge in [-0.3, -0.25) is 10.1 Å². The maximum absolute atomic E-state index is 11.3. The minimum absolute atomic E-state index is 0. The maximum atomic E-state index is 11.3. The van der Waals surface area contributed by atoms with Crippen molar-refractivity contribution in [3.63, 3.8) is 0 Å². The van der Waals surface area contributed by atoms with E-state index in [2.05, 4.69) is 54.7 Å². The van der Waals surface area contributed by atoms with E-state index in [0.29, 0.717) is 61.9 Å². The molecule has 0 atom stereocenters. The van der Waals surface area contributed by atoms with Gasteiger partial charge in [-0.15, -0.1) is 10.2 Å². The van der Waals surface area contributed by atoms with E-state index in [0.717, 1.165) is 40.1 Å². The van der Waals surface area contributed by atoms with Gasteiger partial charge in [0.1, 0.15) is 17.1 Å². The van der Waals surface area contributed by atoms with Crippen LogP contribution in [0.1, 0.15) is 16.7 Å². The van der Waals surface area contributed by atoms with Crippen LogP contribution in [0.2, 0.25) is 0 Å². The van der Waals surface area contributed by atoms with E-state index in [-0.39, 0.29) is 75.4 Å². The minimum atomic E-state index is -0.170. The maximum Gasteiger partial charge on any atom is 1.00 e. The van der Waals surface area contributed by atoms with E-state index < -0.39 is 0 Å². The summed E-state index contributed by atoms with van der Waals surface area (Å²) in [5, 5.41) is 69.9. The van der Waals surface area contributed by atoms with Crippen molar-refractivity contribution < 1.29 is 98.2 Å². The van der Waals surface area contributed by atoms with Gasteiger partial charge >= 0.3 is 59.1 Å². The molecule has 0 heterocycles. The molecule has 6 aromatic carbocycles. The van der Waals surface area contributed by atoms with E-state index in [1.165, 1.54) is 7.11 Å². The first-order valence-corrected chi connectivity index (χ1v) is 17.8. The number of nitrogens with one attached hydrogen (secondary N) is 1. The molecule has 6 rings (SSSR count). The standard InChI is InChI=1S/C38H33N7O8S2.2Na/c1-22-17-32(23(2)16-31(22)41-40-27-10-13-29(14-11-27)54-52-50-47)42-43-33-21-35(49-4)34(18-24(33)3)44-45-37-36(55-53-51-48)20-25-19-28(12-15-30(25)38(37)46)39-26-8-6-5-7-9-26;;/h5-21,39,46-48H,1-4H3;;/q;2*+1/p-2. The SMILES string of the molecule is COc1cc(N=Nc2cc(C)c(N=Nc3ccc(SOO[O-])cc3)cc2C)c(C)cc1N=Nc1c(SOO[O-])cc2cc(Nc3ccccc3)ccc2c1O.[Na+].[Na+]. The fourth-order valence-electron chi connectivity index (χ4n) is 5.29. The molecule has 0 bridgehead atoms. The van der Waals surface area contributed by atoms with Gasteiger partial charge < -0.3 is 25.7 Å². The Morgan fingerprint density at radius 2 is 1.18 bits per heavy atom. The van der Waals surface area contributed by atoms with Crippen LogP contribution in [0.4, 0.5) is 45.5 Å². The molecule has 15 nitrogen and oxygen atoms in total. The van der Waals surface area contributed by atoms with Crippen molar-refractivity contribution in [2.75, 3.05) is 12.4 Å². The van der Waals surface area contributed by atoms with E-state index >= 15 is 0 Å². The molecule has 0 fully saturated rings. The van der Waals surface area contributed by atoms with Crippen LogP contribution in [0.3, 0.4) is 0 Å². The van der Waals surface area contributed by atoms with E-state index in [1.54, 1.807) is 48.5 Å². The molecule has 0 aromatic heterocycles. The molecule has 19 heteroatoms. The molecule has 2 N–H and O–H groups in total. The van der Waals surface area contributed by atoms with Crippen LogP contribution in [0.25, 0.3) is 10.8 Å². The van der Waals surface area contributed by atoms with Crippen LogP contribution < -0.4 is 79.7 Å². The van der Waals surface area contributed by atoms with Gasteiger partial charge in [-0.2, -0.15) is 29.1 Å². The van der Waals surface area contributed by atoms with Crippen molar-refractivity contribution in [3.8, 4) is 11.5 Å². The number of nitrogens with zero attached hydrogens (tertiary/aromatic N) is 6. The van der Waals surface area contributed by atoms with E-state index in [1.807, 2.05) is 75.4 Å². The Bertz CT molecular complexity index is 2390. The molecule has 0 aliphatic heterocycles. The molecule has 0 radical (unpaired) electrons. The first-order chi connectivity index (χ1) is 26.8. The Morgan fingerprint density at radius 1 is 0.596 bits per heavy atom. The normalized spacial score (nSPS) is 11.3. The summed E-state index contributed by atoms with van der Waals surface area (Å²) in [5.41, 5.74) is 6.96. The predicted molar refractivity (Wildman–Crippen MR) is 204 cm³/mol. The molecule has 57 heavy (non-hydrogen) atoms. The average molecular weight is 824 g/mol. The number of aryl methyl sites for hydroxylation is 3. The molecule has 0 spiro atoms. The molecule has 0 aliphatic carbocycles. The predicted octanol–water partition coefficient (Wildman–Crippen LogP) is 4.94. The Balaban J connectivity index is 0.00000360. The molecule has 0 saturated heterocycles. The number of benzene rings is 6. The van der Waals surface area contributed by atoms with Crippen molar-refractivity contribution >= 4 is 80.4 Å². The van der Waals surface area contributed by atoms with Crippen molar-refractivity contribution in [2.45, 2.75) is 30.6 Å². The summed E-state index contributed by atoms with van der Waals surface area (Å²) in [5.74, 6) is 0.187. The van der Waals surface area contributed by atoms with Crippen molar-refractivity contribution in [2.24, 2.45) is 30.7 Å². The van der Waals surface area contributed by atoms with Gasteiger partial charge in [0.15, 0.2) is 5.75 Å². The largest absolute Gasteiger partial charge is 1.00 e. The number of para-hydroxylation sites is 1. The molecule has 6 aromatic rings. The van der Waals surface area contributed by atoms with Crippen LogP contribution in [0, 0.1) is 20.8 Å². The van der Waals surface area contributed by atoms with Gasteiger partial charge in [-0.25, -0.2) is 0 Å². The summed E-state index contributed by atoms with van der Waals surface area (Å²) in [4.78, 5) is 0.956. The molecular formula is C38H31N7Na2O8S2. The summed E-state index contributed by atoms with van der Waals surface area (Å²) in [7, 11) is 1.49. The number of phenolic OH excluding ortho intramolecular Hbond substituents is 1. The molecule has 0 aliphatic rings. The first kappa shape index (κ1) is 45.9. The minimum Gasteiger partial charge on any atom is -0.691 e. The second kappa shape index (κ2) is 22.4. The number of aromatic hydroxyl groups is 1. The first-order valence-electron chi connectivity index (χ1n) is 16.3. The Kier molecular flexibility index (Phi) is 18.1. The van der Waals surface area contributed by atoms with Crippen LogP contribution in [0.15, 0.2) is 144 Å². The van der Waals surface area contributed by atoms with Gasteiger partial charge in [0, 0.05) is 27.7 Å². The fraction of sp³-hybridized carbons (Fsp3) is 0.105. The molecule has 0 unspecified atom stereocenters. The van der Waals surface area contributed by atoms with Gasteiger partial charge in [0.05, 0.1) is 58.8 Å².